The van der Waals surface area contributed by atoms with Gasteiger partial charge in [-0.15, -0.1) is 11.3 Å². The zero-order valence-electron chi connectivity index (χ0n) is 15.8. The summed E-state index contributed by atoms with van der Waals surface area (Å²) in [6.45, 7) is 4.53. The van der Waals surface area contributed by atoms with E-state index >= 15 is 0 Å². The van der Waals surface area contributed by atoms with Crippen molar-refractivity contribution in [2.75, 3.05) is 14.2 Å². The molecule has 0 aliphatic heterocycles. The molecule has 2 aromatic heterocycles. The van der Waals surface area contributed by atoms with Crippen molar-refractivity contribution in [2.24, 2.45) is 0 Å². The molecule has 1 saturated carbocycles. The van der Waals surface area contributed by atoms with Crippen LogP contribution < -0.4 is 4.74 Å². The van der Waals surface area contributed by atoms with Crippen LogP contribution in [-0.4, -0.2) is 41.1 Å². The third-order valence-electron chi connectivity index (χ3n) is 5.54. The first-order chi connectivity index (χ1) is 12.5. The van der Waals surface area contributed by atoms with Crippen LogP contribution in [0.15, 0.2) is 36.5 Å². The van der Waals surface area contributed by atoms with Gasteiger partial charge in [0.15, 0.2) is 0 Å². The Morgan fingerprint density at radius 1 is 1.15 bits per heavy atom. The molecule has 0 bridgehead atoms. The van der Waals surface area contributed by atoms with Crippen LogP contribution in [0, 0.1) is 0 Å². The first-order valence-electron chi connectivity index (χ1n) is 9.18. The smallest absolute Gasteiger partial charge is 0.212 e. The molecule has 0 radical (unpaired) electrons. The standard InChI is InChI=1S/C21H25N3OS/c1-13(2)24(3)17-9-16(10-17)21-23-18-7-5-14(11-19(18)26-21)15-6-8-20(25-4)22-12-15/h5-8,11-13,16-17H,9-10H2,1-4H3/t16-,17-. The Hall–Kier alpha value is -1.98. The van der Waals surface area contributed by atoms with Gasteiger partial charge in [-0.25, -0.2) is 9.97 Å². The summed E-state index contributed by atoms with van der Waals surface area (Å²) in [6.07, 6.45) is 4.31. The lowest BCUT2D eigenvalue weighted by Gasteiger charge is -2.42. The number of nitrogens with zero attached hydrogens (tertiary/aromatic N) is 3. The lowest BCUT2D eigenvalue weighted by molar-refractivity contribution is 0.108. The zero-order chi connectivity index (χ0) is 18.3. The Morgan fingerprint density at radius 2 is 1.92 bits per heavy atom. The van der Waals surface area contributed by atoms with Crippen molar-refractivity contribution in [2.45, 2.75) is 44.7 Å². The van der Waals surface area contributed by atoms with E-state index in [4.69, 9.17) is 9.72 Å². The molecule has 5 heteroatoms. The molecule has 0 saturated heterocycles. The average molecular weight is 368 g/mol. The van der Waals surface area contributed by atoms with Crippen LogP contribution in [0.1, 0.15) is 37.6 Å². The summed E-state index contributed by atoms with van der Waals surface area (Å²) in [7, 11) is 3.87. The minimum atomic E-state index is 0.608. The van der Waals surface area contributed by atoms with Gasteiger partial charge in [0.1, 0.15) is 0 Å². The van der Waals surface area contributed by atoms with Crippen LogP contribution in [0.2, 0.25) is 0 Å². The van der Waals surface area contributed by atoms with E-state index in [0.717, 1.165) is 11.1 Å². The number of rotatable bonds is 5. The van der Waals surface area contributed by atoms with Crippen LogP contribution in [0.3, 0.4) is 0 Å². The molecule has 4 rings (SSSR count). The number of pyridine rings is 1. The summed E-state index contributed by atoms with van der Waals surface area (Å²) in [5.74, 6) is 1.26. The van der Waals surface area contributed by atoms with Crippen molar-refractivity contribution >= 4 is 21.6 Å². The second-order valence-electron chi connectivity index (χ2n) is 7.41. The van der Waals surface area contributed by atoms with Crippen LogP contribution >= 0.6 is 11.3 Å². The molecule has 3 aromatic rings. The number of aromatic nitrogens is 2. The maximum Gasteiger partial charge on any atom is 0.212 e. The Bertz CT molecular complexity index is 897. The van der Waals surface area contributed by atoms with Crippen molar-refractivity contribution in [3.05, 3.63) is 41.5 Å². The van der Waals surface area contributed by atoms with E-state index in [1.54, 1.807) is 7.11 Å². The molecular weight excluding hydrogens is 342 g/mol. The van der Waals surface area contributed by atoms with Crippen LogP contribution in [0.4, 0.5) is 0 Å². The highest BCUT2D eigenvalue weighted by atomic mass is 32.1. The van der Waals surface area contributed by atoms with Crippen LogP contribution in [0.5, 0.6) is 5.88 Å². The minimum absolute atomic E-state index is 0.608. The third-order valence-corrected chi connectivity index (χ3v) is 6.72. The molecule has 0 amide bonds. The average Bonchev–Trinajstić information content (AvgIpc) is 3.02. The summed E-state index contributed by atoms with van der Waals surface area (Å²) in [5.41, 5.74) is 3.38. The molecular formula is C21H25N3OS. The number of benzene rings is 1. The van der Waals surface area contributed by atoms with Gasteiger partial charge < -0.3 is 9.64 Å². The van der Waals surface area contributed by atoms with Gasteiger partial charge in [-0.05, 0) is 57.5 Å². The van der Waals surface area contributed by atoms with E-state index in [2.05, 4.69) is 49.0 Å². The topological polar surface area (TPSA) is 38.2 Å². The monoisotopic (exact) mass is 367 g/mol. The van der Waals surface area contributed by atoms with Crippen LogP contribution in [-0.2, 0) is 0 Å². The number of hydrogen-bond donors (Lipinski definition) is 0. The summed E-state index contributed by atoms with van der Waals surface area (Å²) in [5, 5.41) is 1.29. The molecule has 26 heavy (non-hydrogen) atoms. The Balaban J connectivity index is 1.53. The Morgan fingerprint density at radius 3 is 2.58 bits per heavy atom. The quantitative estimate of drug-likeness (QED) is 0.639. The Kier molecular flexibility index (Phi) is 4.67. The van der Waals surface area contributed by atoms with Gasteiger partial charge in [0, 0.05) is 35.8 Å². The predicted molar refractivity (Wildman–Crippen MR) is 108 cm³/mol. The molecule has 1 aromatic carbocycles. The van der Waals surface area contributed by atoms with Crippen molar-refractivity contribution in [1.82, 2.24) is 14.9 Å². The SMILES string of the molecule is COc1ccc(-c2ccc3nc([C@H]4C[C@H](N(C)C(C)C)C4)sc3c2)cn1. The normalized spacial score (nSPS) is 19.9. The first-order valence-corrected chi connectivity index (χ1v) is 9.99. The first kappa shape index (κ1) is 17.4. The van der Waals surface area contributed by atoms with E-state index in [0.29, 0.717) is 23.9 Å². The second-order valence-corrected chi connectivity index (χ2v) is 8.47. The molecule has 0 N–H and O–H groups in total. The molecule has 4 nitrogen and oxygen atoms in total. The molecule has 2 heterocycles. The maximum atomic E-state index is 5.14. The zero-order valence-corrected chi connectivity index (χ0v) is 16.6. The summed E-state index contributed by atoms with van der Waals surface area (Å²) < 4.78 is 6.40. The number of thiazole rings is 1. The van der Waals surface area contributed by atoms with Crippen molar-refractivity contribution < 1.29 is 4.74 Å². The third kappa shape index (κ3) is 3.21. The lowest BCUT2D eigenvalue weighted by Crippen LogP contribution is -2.44. The molecule has 1 aliphatic carbocycles. The second kappa shape index (κ2) is 6.97. The van der Waals surface area contributed by atoms with Gasteiger partial charge >= 0.3 is 0 Å². The van der Waals surface area contributed by atoms with Crippen LogP contribution in [0.25, 0.3) is 21.3 Å². The summed E-state index contributed by atoms with van der Waals surface area (Å²) in [6, 6.07) is 11.8. The van der Waals surface area contributed by atoms with Crippen molar-refractivity contribution in [3.8, 4) is 17.0 Å². The minimum Gasteiger partial charge on any atom is -0.481 e. The van der Waals surface area contributed by atoms with Gasteiger partial charge in [-0.2, -0.15) is 0 Å². The highest BCUT2D eigenvalue weighted by molar-refractivity contribution is 7.18. The summed E-state index contributed by atoms with van der Waals surface area (Å²) >= 11 is 1.85. The molecule has 1 fully saturated rings. The maximum absolute atomic E-state index is 5.14. The van der Waals surface area contributed by atoms with Crippen molar-refractivity contribution in [3.63, 3.8) is 0 Å². The number of fused-ring (bicyclic) bond motifs is 1. The highest BCUT2D eigenvalue weighted by Crippen LogP contribution is 2.43. The Labute approximate surface area is 158 Å². The largest absolute Gasteiger partial charge is 0.481 e. The molecule has 136 valence electrons. The van der Waals surface area contributed by atoms with E-state index < -0.39 is 0 Å². The predicted octanol–water partition coefficient (Wildman–Crippen LogP) is 4.95. The number of hydrogen-bond acceptors (Lipinski definition) is 5. The molecule has 0 spiro atoms. The summed E-state index contributed by atoms with van der Waals surface area (Å²) in [4.78, 5) is 11.7. The van der Waals surface area contributed by atoms with Gasteiger partial charge in [0.05, 0.1) is 22.3 Å². The molecule has 0 atom stereocenters. The molecule has 1 aliphatic rings. The number of ether oxygens (including phenoxy) is 1. The lowest BCUT2D eigenvalue weighted by atomic mass is 9.79. The van der Waals surface area contributed by atoms with E-state index in [9.17, 15) is 0 Å². The van der Waals surface area contributed by atoms with Gasteiger partial charge in [-0.3, -0.25) is 0 Å². The highest BCUT2D eigenvalue weighted by Gasteiger charge is 2.35. The van der Waals surface area contributed by atoms with Crippen molar-refractivity contribution in [1.29, 1.82) is 0 Å². The van der Waals surface area contributed by atoms with Gasteiger partial charge in [0.25, 0.3) is 0 Å². The fourth-order valence-corrected chi connectivity index (χ4v) is 4.64. The molecule has 0 unspecified atom stereocenters. The van der Waals surface area contributed by atoms with E-state index in [-0.39, 0.29) is 0 Å². The van der Waals surface area contributed by atoms with Gasteiger partial charge in [0.2, 0.25) is 5.88 Å². The number of methoxy groups -OCH3 is 1. The van der Waals surface area contributed by atoms with E-state index in [1.807, 2.05) is 29.7 Å². The van der Waals surface area contributed by atoms with E-state index in [1.165, 1.54) is 28.1 Å². The fraction of sp³-hybridized carbons (Fsp3) is 0.429. The fourth-order valence-electron chi connectivity index (χ4n) is 3.51. The van der Waals surface area contributed by atoms with Gasteiger partial charge in [-0.1, -0.05) is 6.07 Å².